The van der Waals surface area contributed by atoms with Crippen LogP contribution in [0.2, 0.25) is 0 Å². The molecule has 1 amide bonds. The summed E-state index contributed by atoms with van der Waals surface area (Å²) in [4.78, 5) is 22.7. The topological polar surface area (TPSA) is 58.1 Å². The molecule has 5 heteroatoms. The van der Waals surface area contributed by atoms with Crippen molar-refractivity contribution in [1.29, 1.82) is 0 Å². The average molecular weight is 370 g/mol. The first kappa shape index (κ1) is 17.1. The minimum Gasteiger partial charge on any atom is -0.334 e. The zero-order valence-electron chi connectivity index (χ0n) is 15.7. The third-order valence-corrected chi connectivity index (χ3v) is 5.95. The minimum absolute atomic E-state index is 0.0297. The van der Waals surface area contributed by atoms with Gasteiger partial charge in [0.15, 0.2) is 0 Å². The van der Waals surface area contributed by atoms with E-state index in [4.69, 9.17) is 0 Å². The summed E-state index contributed by atoms with van der Waals surface area (Å²) in [5, 5.41) is 3.59. The van der Waals surface area contributed by atoms with Gasteiger partial charge in [-0.05, 0) is 29.2 Å². The van der Waals surface area contributed by atoms with Crippen molar-refractivity contribution in [2.75, 3.05) is 13.1 Å². The van der Waals surface area contributed by atoms with Gasteiger partial charge in [-0.2, -0.15) is 0 Å². The molecule has 0 saturated carbocycles. The van der Waals surface area contributed by atoms with E-state index in [2.05, 4.69) is 70.7 Å². The lowest BCUT2D eigenvalue weighted by Gasteiger charge is -2.54. The van der Waals surface area contributed by atoms with Crippen LogP contribution in [0, 0.1) is 6.92 Å². The molecule has 0 spiro atoms. The number of rotatable bonds is 3. The first-order valence-corrected chi connectivity index (χ1v) is 9.68. The van der Waals surface area contributed by atoms with Crippen LogP contribution in [0.15, 0.2) is 67.1 Å². The summed E-state index contributed by atoms with van der Waals surface area (Å²) in [7, 11) is 0. The Morgan fingerprint density at radius 2 is 1.79 bits per heavy atom. The van der Waals surface area contributed by atoms with Gasteiger partial charge < -0.3 is 10.2 Å². The molecular weight excluding hydrogens is 348 g/mol. The number of benzene rings is 2. The van der Waals surface area contributed by atoms with Crippen LogP contribution in [0.3, 0.4) is 0 Å². The van der Waals surface area contributed by atoms with E-state index < -0.39 is 0 Å². The van der Waals surface area contributed by atoms with Crippen LogP contribution in [-0.4, -0.2) is 45.9 Å². The summed E-state index contributed by atoms with van der Waals surface area (Å²) in [5.74, 6) is 0.426. The first-order chi connectivity index (χ1) is 13.7. The van der Waals surface area contributed by atoms with Gasteiger partial charge in [0, 0.05) is 43.5 Å². The minimum atomic E-state index is -0.0297. The number of piperidine rings is 1. The molecule has 2 atom stereocenters. The number of fused-ring (bicyclic) bond motifs is 2. The Labute approximate surface area is 164 Å². The molecule has 3 aliphatic heterocycles. The fraction of sp³-hybridized carbons (Fsp3) is 0.261. The highest BCUT2D eigenvalue weighted by Crippen LogP contribution is 2.38. The molecule has 28 heavy (non-hydrogen) atoms. The third kappa shape index (κ3) is 2.88. The van der Waals surface area contributed by atoms with Crippen LogP contribution < -0.4 is 5.32 Å². The second kappa shape index (κ2) is 6.84. The first-order valence-electron chi connectivity index (χ1n) is 9.68. The maximum atomic E-state index is 12.6. The maximum absolute atomic E-state index is 12.6. The van der Waals surface area contributed by atoms with Gasteiger partial charge in [0.05, 0.1) is 6.20 Å². The normalized spacial score (nSPS) is 23.2. The highest BCUT2D eigenvalue weighted by Gasteiger charge is 2.48. The molecule has 2 bridgehead atoms. The quantitative estimate of drug-likeness (QED) is 0.770. The Bertz CT molecular complexity index is 991. The lowest BCUT2D eigenvalue weighted by atomic mass is 9.74. The van der Waals surface area contributed by atoms with Crippen LogP contribution in [0.1, 0.15) is 27.5 Å². The molecule has 4 heterocycles. The van der Waals surface area contributed by atoms with E-state index in [1.807, 2.05) is 4.90 Å². The second-order valence-corrected chi connectivity index (χ2v) is 7.64. The Morgan fingerprint density at radius 3 is 2.46 bits per heavy atom. The Hall–Kier alpha value is -3.05. The number of hydrogen-bond acceptors (Lipinski definition) is 4. The predicted octanol–water partition coefficient (Wildman–Crippen LogP) is 3.03. The molecule has 0 radical (unpaired) electrons. The molecule has 1 aromatic heterocycles. The zero-order valence-corrected chi connectivity index (χ0v) is 15.7. The van der Waals surface area contributed by atoms with Gasteiger partial charge in [-0.1, -0.05) is 48.5 Å². The van der Waals surface area contributed by atoms with Crippen molar-refractivity contribution in [3.8, 4) is 11.1 Å². The molecule has 5 nitrogen and oxygen atoms in total. The van der Waals surface area contributed by atoms with E-state index in [0.717, 1.165) is 0 Å². The van der Waals surface area contributed by atoms with Crippen molar-refractivity contribution in [2.45, 2.75) is 24.9 Å². The molecule has 2 unspecified atom stereocenters. The standard InChI is InChI=1S/C23H22N4O/c1-15-4-2-3-5-18(15)16-6-8-17(9-7-16)22-20-13-27(14-21(22)26-20)23(28)19-12-24-10-11-25-19/h2-12,20-22,26H,13-14H2,1H3. The van der Waals surface area contributed by atoms with Crippen LogP contribution in [0.4, 0.5) is 0 Å². The number of carbonyl (C=O) groups excluding carboxylic acids is 1. The van der Waals surface area contributed by atoms with Crippen molar-refractivity contribution in [1.82, 2.24) is 20.2 Å². The Balaban J connectivity index is 1.31. The van der Waals surface area contributed by atoms with Crippen LogP contribution in [0.5, 0.6) is 0 Å². The van der Waals surface area contributed by atoms with Gasteiger partial charge >= 0.3 is 0 Å². The van der Waals surface area contributed by atoms with Gasteiger partial charge in [-0.3, -0.25) is 9.78 Å². The number of aromatic nitrogens is 2. The van der Waals surface area contributed by atoms with E-state index in [0.29, 0.717) is 36.8 Å². The summed E-state index contributed by atoms with van der Waals surface area (Å²) >= 11 is 0. The summed E-state index contributed by atoms with van der Waals surface area (Å²) in [6.45, 7) is 3.55. The number of carbonyl (C=O) groups is 1. The van der Waals surface area contributed by atoms with Gasteiger partial charge in [0.1, 0.15) is 5.69 Å². The van der Waals surface area contributed by atoms with Gasteiger partial charge in [0.2, 0.25) is 0 Å². The largest absolute Gasteiger partial charge is 0.334 e. The summed E-state index contributed by atoms with van der Waals surface area (Å²) < 4.78 is 0. The molecule has 3 fully saturated rings. The lowest BCUT2D eigenvalue weighted by molar-refractivity contribution is 0.0362. The molecule has 2 aromatic carbocycles. The molecule has 6 rings (SSSR count). The number of nitrogens with one attached hydrogen (secondary N) is 1. The summed E-state index contributed by atoms with van der Waals surface area (Å²) in [5.41, 5.74) is 5.58. The molecule has 0 aliphatic carbocycles. The van der Waals surface area contributed by atoms with Crippen molar-refractivity contribution >= 4 is 5.91 Å². The molecule has 140 valence electrons. The number of piperazine rings is 1. The highest BCUT2D eigenvalue weighted by molar-refractivity contribution is 5.92. The molecule has 3 aliphatic rings. The lowest BCUT2D eigenvalue weighted by Crippen LogP contribution is -2.72. The monoisotopic (exact) mass is 370 g/mol. The predicted molar refractivity (Wildman–Crippen MR) is 108 cm³/mol. The van der Waals surface area contributed by atoms with Crippen LogP contribution >= 0.6 is 0 Å². The zero-order chi connectivity index (χ0) is 19.1. The van der Waals surface area contributed by atoms with E-state index in [1.165, 1.54) is 28.5 Å². The van der Waals surface area contributed by atoms with Crippen molar-refractivity contribution < 1.29 is 4.79 Å². The molecule has 1 N–H and O–H groups in total. The van der Waals surface area contributed by atoms with Crippen molar-refractivity contribution in [3.05, 3.63) is 83.9 Å². The van der Waals surface area contributed by atoms with Crippen LogP contribution in [0.25, 0.3) is 11.1 Å². The number of amides is 1. The fourth-order valence-corrected chi connectivity index (χ4v) is 4.51. The maximum Gasteiger partial charge on any atom is 0.274 e. The van der Waals surface area contributed by atoms with Crippen molar-refractivity contribution in [3.63, 3.8) is 0 Å². The number of nitrogens with zero attached hydrogens (tertiary/aromatic N) is 3. The molecule has 3 saturated heterocycles. The number of hydrogen-bond donors (Lipinski definition) is 1. The van der Waals surface area contributed by atoms with Gasteiger partial charge in [0.25, 0.3) is 5.91 Å². The summed E-state index contributed by atoms with van der Waals surface area (Å²) in [6, 6.07) is 18.0. The third-order valence-electron chi connectivity index (χ3n) is 5.95. The highest BCUT2D eigenvalue weighted by atomic mass is 16.2. The molecule has 3 aromatic rings. The SMILES string of the molecule is Cc1ccccc1-c1ccc(C2C3CN(C(=O)c4cnccn4)CC2N3)cc1. The Kier molecular flexibility index (Phi) is 4.17. The second-order valence-electron chi connectivity index (χ2n) is 7.64. The van der Waals surface area contributed by atoms with E-state index >= 15 is 0 Å². The smallest absolute Gasteiger partial charge is 0.274 e. The van der Waals surface area contributed by atoms with E-state index in [-0.39, 0.29) is 5.91 Å². The fourth-order valence-electron chi connectivity index (χ4n) is 4.51. The van der Waals surface area contributed by atoms with Crippen LogP contribution in [-0.2, 0) is 0 Å². The average Bonchev–Trinajstić information content (AvgIpc) is 2.75. The van der Waals surface area contributed by atoms with E-state index in [1.54, 1.807) is 12.4 Å². The summed E-state index contributed by atoms with van der Waals surface area (Å²) in [6.07, 6.45) is 4.69. The van der Waals surface area contributed by atoms with E-state index in [9.17, 15) is 4.79 Å². The van der Waals surface area contributed by atoms with Gasteiger partial charge in [-0.15, -0.1) is 0 Å². The Morgan fingerprint density at radius 1 is 1.04 bits per heavy atom. The van der Waals surface area contributed by atoms with Crippen molar-refractivity contribution in [2.24, 2.45) is 0 Å². The molecular formula is C23H22N4O. The van der Waals surface area contributed by atoms with Gasteiger partial charge in [-0.25, -0.2) is 4.98 Å². The number of aryl methyl sites for hydroxylation is 1.